The SMILES string of the molecule is C=CCc1ccccc1OC(C)Br. The lowest BCUT2D eigenvalue weighted by Gasteiger charge is -2.11. The Labute approximate surface area is 87.5 Å². The fraction of sp³-hybridized carbons (Fsp3) is 0.273. The average molecular weight is 241 g/mol. The summed E-state index contributed by atoms with van der Waals surface area (Å²) in [6.45, 7) is 5.66. The third-order valence-corrected chi connectivity index (χ3v) is 1.81. The molecule has 0 aliphatic rings. The van der Waals surface area contributed by atoms with E-state index in [-0.39, 0.29) is 5.01 Å². The third-order valence-electron chi connectivity index (χ3n) is 1.63. The molecule has 1 nitrogen and oxygen atoms in total. The Morgan fingerprint density at radius 2 is 2.23 bits per heavy atom. The molecule has 0 aliphatic carbocycles. The second-order valence-corrected chi connectivity index (χ2v) is 4.05. The molecule has 1 rings (SSSR count). The van der Waals surface area contributed by atoms with Gasteiger partial charge in [-0.3, -0.25) is 0 Å². The number of benzene rings is 1. The molecular weight excluding hydrogens is 228 g/mol. The van der Waals surface area contributed by atoms with Crippen LogP contribution in [0.15, 0.2) is 36.9 Å². The first-order chi connectivity index (χ1) is 6.24. The van der Waals surface area contributed by atoms with E-state index in [1.54, 1.807) is 0 Å². The van der Waals surface area contributed by atoms with E-state index in [1.807, 2.05) is 37.3 Å². The van der Waals surface area contributed by atoms with Crippen molar-refractivity contribution in [3.05, 3.63) is 42.5 Å². The van der Waals surface area contributed by atoms with Gasteiger partial charge in [-0.05, 0) is 40.9 Å². The maximum Gasteiger partial charge on any atom is 0.150 e. The molecule has 1 aromatic rings. The van der Waals surface area contributed by atoms with Gasteiger partial charge in [0, 0.05) is 0 Å². The van der Waals surface area contributed by atoms with Gasteiger partial charge in [0.1, 0.15) is 5.75 Å². The fourth-order valence-corrected chi connectivity index (χ4v) is 1.32. The van der Waals surface area contributed by atoms with E-state index >= 15 is 0 Å². The van der Waals surface area contributed by atoms with Crippen molar-refractivity contribution in [2.45, 2.75) is 18.4 Å². The molecule has 0 aromatic heterocycles. The molecule has 0 aliphatic heterocycles. The first-order valence-electron chi connectivity index (χ1n) is 4.23. The van der Waals surface area contributed by atoms with Crippen LogP contribution in [0.4, 0.5) is 0 Å². The predicted octanol–water partition coefficient (Wildman–Crippen LogP) is 3.53. The van der Waals surface area contributed by atoms with Gasteiger partial charge in [-0.2, -0.15) is 0 Å². The molecular formula is C11H13BrO. The first kappa shape index (κ1) is 10.3. The molecule has 0 amide bonds. The number of alkyl halides is 1. The summed E-state index contributed by atoms with van der Waals surface area (Å²) in [6.07, 6.45) is 2.72. The van der Waals surface area contributed by atoms with E-state index in [0.717, 1.165) is 12.2 Å². The summed E-state index contributed by atoms with van der Waals surface area (Å²) < 4.78 is 5.57. The average Bonchev–Trinajstić information content (AvgIpc) is 2.08. The molecule has 0 heterocycles. The normalized spacial score (nSPS) is 12.2. The van der Waals surface area contributed by atoms with E-state index in [1.165, 1.54) is 5.56 Å². The topological polar surface area (TPSA) is 9.23 Å². The van der Waals surface area contributed by atoms with Crippen LogP contribution in [0.1, 0.15) is 12.5 Å². The Kier molecular flexibility index (Phi) is 4.03. The van der Waals surface area contributed by atoms with Crippen LogP contribution in [0, 0.1) is 0 Å². The van der Waals surface area contributed by atoms with Crippen LogP contribution in [0.5, 0.6) is 5.75 Å². The van der Waals surface area contributed by atoms with Crippen LogP contribution in [-0.2, 0) is 6.42 Å². The van der Waals surface area contributed by atoms with Gasteiger partial charge < -0.3 is 4.74 Å². The van der Waals surface area contributed by atoms with Crippen molar-refractivity contribution in [2.75, 3.05) is 0 Å². The summed E-state index contributed by atoms with van der Waals surface area (Å²) in [5.74, 6) is 0.923. The van der Waals surface area contributed by atoms with Crippen molar-refractivity contribution < 1.29 is 4.74 Å². The number of halogens is 1. The molecule has 13 heavy (non-hydrogen) atoms. The number of rotatable bonds is 4. The quantitative estimate of drug-likeness (QED) is 0.578. The lowest BCUT2D eigenvalue weighted by molar-refractivity contribution is 0.311. The van der Waals surface area contributed by atoms with Crippen molar-refractivity contribution in [3.63, 3.8) is 0 Å². The molecule has 0 N–H and O–H groups in total. The van der Waals surface area contributed by atoms with E-state index < -0.39 is 0 Å². The number of para-hydroxylation sites is 1. The highest BCUT2D eigenvalue weighted by Gasteiger charge is 2.03. The van der Waals surface area contributed by atoms with Crippen molar-refractivity contribution in [3.8, 4) is 5.75 Å². The summed E-state index contributed by atoms with van der Waals surface area (Å²) in [5.41, 5.74) is 1.17. The molecule has 1 atom stereocenters. The predicted molar refractivity (Wildman–Crippen MR) is 59.4 cm³/mol. The van der Waals surface area contributed by atoms with Crippen molar-refractivity contribution in [1.29, 1.82) is 0 Å². The maximum atomic E-state index is 5.57. The number of hydrogen-bond donors (Lipinski definition) is 0. The van der Waals surface area contributed by atoms with Gasteiger partial charge in [-0.15, -0.1) is 6.58 Å². The number of ether oxygens (including phenoxy) is 1. The summed E-state index contributed by atoms with van der Waals surface area (Å²) in [6, 6.07) is 7.99. The van der Waals surface area contributed by atoms with Crippen LogP contribution in [-0.4, -0.2) is 5.01 Å². The van der Waals surface area contributed by atoms with Crippen LogP contribution in [0.3, 0.4) is 0 Å². The van der Waals surface area contributed by atoms with Crippen LogP contribution < -0.4 is 4.74 Å². The molecule has 0 bridgehead atoms. The monoisotopic (exact) mass is 240 g/mol. The van der Waals surface area contributed by atoms with Crippen molar-refractivity contribution >= 4 is 15.9 Å². The highest BCUT2D eigenvalue weighted by atomic mass is 79.9. The minimum atomic E-state index is 0.0402. The van der Waals surface area contributed by atoms with E-state index in [0.29, 0.717) is 0 Å². The molecule has 0 fully saturated rings. The number of allylic oxidation sites excluding steroid dienone is 1. The standard InChI is InChI=1S/C11H13BrO/c1-3-6-10-7-4-5-8-11(10)13-9(2)12/h3-5,7-9H,1,6H2,2H3. The van der Waals surface area contributed by atoms with Gasteiger partial charge >= 0.3 is 0 Å². The smallest absolute Gasteiger partial charge is 0.150 e. The Hall–Kier alpha value is -0.760. The fourth-order valence-electron chi connectivity index (χ4n) is 1.12. The summed E-state index contributed by atoms with van der Waals surface area (Å²) in [4.78, 5) is 0. The summed E-state index contributed by atoms with van der Waals surface area (Å²) in [5, 5.41) is 0.0402. The minimum absolute atomic E-state index is 0.0402. The molecule has 70 valence electrons. The van der Waals surface area contributed by atoms with Crippen LogP contribution >= 0.6 is 15.9 Å². The highest BCUT2D eigenvalue weighted by molar-refractivity contribution is 9.09. The second kappa shape index (κ2) is 5.07. The van der Waals surface area contributed by atoms with E-state index in [9.17, 15) is 0 Å². The highest BCUT2D eigenvalue weighted by Crippen LogP contribution is 2.21. The Morgan fingerprint density at radius 1 is 1.54 bits per heavy atom. The minimum Gasteiger partial charge on any atom is -0.479 e. The van der Waals surface area contributed by atoms with Crippen LogP contribution in [0.2, 0.25) is 0 Å². The zero-order chi connectivity index (χ0) is 9.68. The molecule has 0 saturated heterocycles. The van der Waals surface area contributed by atoms with Gasteiger partial charge in [-0.25, -0.2) is 0 Å². The lowest BCUT2D eigenvalue weighted by Crippen LogP contribution is -2.03. The zero-order valence-corrected chi connectivity index (χ0v) is 9.25. The Bertz CT molecular complexity index is 281. The van der Waals surface area contributed by atoms with Crippen molar-refractivity contribution in [1.82, 2.24) is 0 Å². The van der Waals surface area contributed by atoms with E-state index in [2.05, 4.69) is 22.5 Å². The molecule has 0 radical (unpaired) electrons. The first-order valence-corrected chi connectivity index (χ1v) is 5.15. The zero-order valence-electron chi connectivity index (χ0n) is 7.66. The Morgan fingerprint density at radius 3 is 2.85 bits per heavy atom. The second-order valence-electron chi connectivity index (χ2n) is 2.76. The van der Waals surface area contributed by atoms with Crippen molar-refractivity contribution in [2.24, 2.45) is 0 Å². The molecule has 1 unspecified atom stereocenters. The van der Waals surface area contributed by atoms with Gasteiger partial charge in [0.25, 0.3) is 0 Å². The maximum absolute atomic E-state index is 5.57. The number of hydrogen-bond acceptors (Lipinski definition) is 1. The molecule has 1 aromatic carbocycles. The van der Waals surface area contributed by atoms with E-state index in [4.69, 9.17) is 4.74 Å². The summed E-state index contributed by atoms with van der Waals surface area (Å²) >= 11 is 3.35. The van der Waals surface area contributed by atoms with Gasteiger partial charge in [0.15, 0.2) is 5.01 Å². The van der Waals surface area contributed by atoms with Gasteiger partial charge in [0.05, 0.1) is 0 Å². The Balaban J connectivity index is 2.83. The van der Waals surface area contributed by atoms with Gasteiger partial charge in [0.2, 0.25) is 0 Å². The largest absolute Gasteiger partial charge is 0.479 e. The summed E-state index contributed by atoms with van der Waals surface area (Å²) in [7, 11) is 0. The third kappa shape index (κ3) is 3.23. The van der Waals surface area contributed by atoms with Crippen LogP contribution in [0.25, 0.3) is 0 Å². The molecule has 0 saturated carbocycles. The molecule has 2 heteroatoms. The van der Waals surface area contributed by atoms with Gasteiger partial charge in [-0.1, -0.05) is 24.3 Å². The lowest BCUT2D eigenvalue weighted by atomic mass is 10.1. The molecule has 0 spiro atoms.